The van der Waals surface area contributed by atoms with Crippen LogP contribution in [0.1, 0.15) is 5.56 Å². The molecule has 0 aliphatic heterocycles. The molecule has 2 rings (SSSR count). The molecule has 3 nitrogen and oxygen atoms in total. The second kappa shape index (κ2) is 4.12. The van der Waals surface area contributed by atoms with Crippen molar-refractivity contribution in [2.24, 2.45) is 0 Å². The largest absolute Gasteiger partial charge is 0.393 e. The summed E-state index contributed by atoms with van der Waals surface area (Å²) in [4.78, 5) is 0. The van der Waals surface area contributed by atoms with Crippen LogP contribution in [-0.4, -0.2) is 16.4 Å². The number of nitrogens with two attached hydrogens (primary N) is 1. The van der Waals surface area contributed by atoms with Crippen molar-refractivity contribution < 1.29 is 13.2 Å². The summed E-state index contributed by atoms with van der Waals surface area (Å²) in [5.74, 6) is 0.342. The lowest BCUT2D eigenvalue weighted by Crippen LogP contribution is -2.11. The molecule has 0 bridgehead atoms. The minimum Gasteiger partial charge on any atom is -0.384 e. The van der Waals surface area contributed by atoms with Gasteiger partial charge in [0.05, 0.1) is 12.6 Å². The van der Waals surface area contributed by atoms with E-state index in [9.17, 15) is 13.2 Å². The predicted octanol–water partition coefficient (Wildman–Crippen LogP) is 2.76. The van der Waals surface area contributed by atoms with Crippen molar-refractivity contribution in [3.63, 3.8) is 0 Å². The first-order valence-corrected chi connectivity index (χ1v) is 4.90. The molecule has 1 heterocycles. The molecule has 0 radical (unpaired) electrons. The maximum Gasteiger partial charge on any atom is 0.393 e. The lowest BCUT2D eigenvalue weighted by atomic mass is 10.0. The van der Waals surface area contributed by atoms with Gasteiger partial charge in [-0.1, -0.05) is 24.3 Å². The fourth-order valence-electron chi connectivity index (χ4n) is 1.61. The molecule has 90 valence electrons. The van der Waals surface area contributed by atoms with Crippen LogP contribution >= 0.6 is 0 Å². The second-order valence-corrected chi connectivity index (χ2v) is 3.69. The third-order valence-electron chi connectivity index (χ3n) is 2.31. The Bertz CT molecular complexity index is 517. The highest BCUT2D eigenvalue weighted by Crippen LogP contribution is 2.27. The number of aromatic amines is 1. The van der Waals surface area contributed by atoms with Crippen molar-refractivity contribution in [3.05, 3.63) is 36.0 Å². The summed E-state index contributed by atoms with van der Waals surface area (Å²) in [5, 5.41) is 6.27. The number of rotatable bonds is 2. The van der Waals surface area contributed by atoms with E-state index in [4.69, 9.17) is 5.73 Å². The lowest BCUT2D eigenvalue weighted by Gasteiger charge is -2.07. The number of nitrogens with zero attached hydrogens (tertiary/aromatic N) is 1. The first-order chi connectivity index (χ1) is 7.96. The summed E-state index contributed by atoms with van der Waals surface area (Å²) in [6, 6.07) is 6.17. The zero-order valence-corrected chi connectivity index (χ0v) is 8.75. The number of nitrogen functional groups attached to an aromatic ring is 1. The fourth-order valence-corrected chi connectivity index (χ4v) is 1.61. The average molecular weight is 241 g/mol. The molecular formula is C11H10F3N3. The predicted molar refractivity (Wildman–Crippen MR) is 58.2 cm³/mol. The Morgan fingerprint density at radius 1 is 1.29 bits per heavy atom. The lowest BCUT2D eigenvalue weighted by molar-refractivity contribution is -0.127. The smallest absolute Gasteiger partial charge is 0.384 e. The molecule has 1 aromatic heterocycles. The highest BCUT2D eigenvalue weighted by Gasteiger charge is 2.27. The third kappa shape index (κ3) is 2.77. The van der Waals surface area contributed by atoms with E-state index in [-0.39, 0.29) is 5.56 Å². The third-order valence-corrected chi connectivity index (χ3v) is 2.31. The van der Waals surface area contributed by atoms with Crippen LogP contribution in [0.3, 0.4) is 0 Å². The highest BCUT2D eigenvalue weighted by atomic mass is 19.4. The molecule has 0 unspecified atom stereocenters. The normalized spacial score (nSPS) is 11.7. The first kappa shape index (κ1) is 11.5. The van der Waals surface area contributed by atoms with E-state index >= 15 is 0 Å². The van der Waals surface area contributed by atoms with E-state index in [2.05, 4.69) is 10.2 Å². The molecular weight excluding hydrogens is 231 g/mol. The van der Waals surface area contributed by atoms with Crippen LogP contribution in [0.2, 0.25) is 0 Å². The number of halogens is 3. The van der Waals surface area contributed by atoms with E-state index in [0.717, 1.165) is 0 Å². The van der Waals surface area contributed by atoms with Crippen molar-refractivity contribution in [1.29, 1.82) is 0 Å². The fraction of sp³-hybridized carbons (Fsp3) is 0.182. The molecule has 0 saturated heterocycles. The molecule has 2 aromatic rings. The second-order valence-electron chi connectivity index (χ2n) is 3.69. The van der Waals surface area contributed by atoms with E-state index in [1.165, 1.54) is 18.3 Å². The topological polar surface area (TPSA) is 54.7 Å². The molecule has 0 saturated carbocycles. The van der Waals surface area contributed by atoms with Crippen molar-refractivity contribution >= 4 is 5.82 Å². The summed E-state index contributed by atoms with van der Waals surface area (Å²) in [6.07, 6.45) is -3.67. The summed E-state index contributed by atoms with van der Waals surface area (Å²) in [6.45, 7) is 0. The van der Waals surface area contributed by atoms with E-state index < -0.39 is 12.6 Å². The number of hydrogen-bond donors (Lipinski definition) is 2. The monoisotopic (exact) mass is 241 g/mol. The van der Waals surface area contributed by atoms with Crippen LogP contribution in [0, 0.1) is 0 Å². The van der Waals surface area contributed by atoms with Crippen LogP contribution in [0.15, 0.2) is 30.5 Å². The van der Waals surface area contributed by atoms with Gasteiger partial charge in [-0.3, -0.25) is 5.10 Å². The number of nitrogens with one attached hydrogen (secondary N) is 1. The van der Waals surface area contributed by atoms with Gasteiger partial charge in [-0.25, -0.2) is 0 Å². The van der Waals surface area contributed by atoms with Gasteiger partial charge in [0, 0.05) is 5.56 Å². The van der Waals surface area contributed by atoms with Crippen LogP contribution in [0.4, 0.5) is 19.0 Å². The van der Waals surface area contributed by atoms with Crippen LogP contribution in [-0.2, 0) is 6.42 Å². The van der Waals surface area contributed by atoms with Gasteiger partial charge >= 0.3 is 6.18 Å². The maximum atomic E-state index is 12.3. The van der Waals surface area contributed by atoms with Gasteiger partial charge in [-0.15, -0.1) is 0 Å². The van der Waals surface area contributed by atoms with Gasteiger partial charge < -0.3 is 5.73 Å². The van der Waals surface area contributed by atoms with Gasteiger partial charge in [-0.05, 0) is 11.1 Å². The van der Waals surface area contributed by atoms with Gasteiger partial charge in [0.15, 0.2) is 0 Å². The maximum absolute atomic E-state index is 12.3. The zero-order chi connectivity index (χ0) is 12.5. The summed E-state index contributed by atoms with van der Waals surface area (Å²) >= 11 is 0. The average Bonchev–Trinajstić information content (AvgIpc) is 2.62. The van der Waals surface area contributed by atoms with E-state index in [1.807, 2.05) is 0 Å². The minimum absolute atomic E-state index is 0.204. The Balaban J connectivity index is 2.32. The van der Waals surface area contributed by atoms with Crippen LogP contribution in [0.5, 0.6) is 0 Å². The number of benzene rings is 1. The minimum atomic E-state index is -4.21. The molecule has 0 spiro atoms. The van der Waals surface area contributed by atoms with Gasteiger partial charge in [0.2, 0.25) is 0 Å². The van der Waals surface area contributed by atoms with Gasteiger partial charge in [0.1, 0.15) is 5.82 Å². The Morgan fingerprint density at radius 3 is 2.65 bits per heavy atom. The molecule has 6 heteroatoms. The van der Waals surface area contributed by atoms with Crippen LogP contribution in [0.25, 0.3) is 11.1 Å². The summed E-state index contributed by atoms with van der Waals surface area (Å²) < 4.78 is 36.8. The summed E-state index contributed by atoms with van der Waals surface area (Å²) in [5.41, 5.74) is 7.04. The van der Waals surface area contributed by atoms with Crippen molar-refractivity contribution in [2.45, 2.75) is 12.6 Å². The van der Waals surface area contributed by atoms with Crippen LogP contribution < -0.4 is 5.73 Å². The Labute approximate surface area is 95.5 Å². The molecule has 0 amide bonds. The number of H-pyrrole nitrogens is 1. The molecule has 0 atom stereocenters. The zero-order valence-electron chi connectivity index (χ0n) is 8.75. The number of hydrogen-bond acceptors (Lipinski definition) is 2. The Hall–Kier alpha value is -1.98. The Morgan fingerprint density at radius 2 is 2.06 bits per heavy atom. The van der Waals surface area contributed by atoms with Gasteiger partial charge in [-0.2, -0.15) is 18.3 Å². The molecule has 0 aliphatic carbocycles. The van der Waals surface area contributed by atoms with Crippen molar-refractivity contribution in [2.75, 3.05) is 5.73 Å². The van der Waals surface area contributed by atoms with E-state index in [1.54, 1.807) is 12.1 Å². The van der Waals surface area contributed by atoms with Crippen molar-refractivity contribution in [3.8, 4) is 11.1 Å². The SMILES string of the molecule is Nc1[nH]ncc1-c1cccc(CC(F)(F)F)c1. The molecule has 3 N–H and O–H groups in total. The molecule has 0 fully saturated rings. The standard InChI is InChI=1S/C11H10F3N3/c12-11(13,14)5-7-2-1-3-8(4-7)9-6-16-17-10(9)15/h1-4,6H,5H2,(H3,15,16,17). The first-order valence-electron chi connectivity index (χ1n) is 4.90. The number of anilines is 1. The molecule has 1 aromatic carbocycles. The number of alkyl halides is 3. The highest BCUT2D eigenvalue weighted by molar-refractivity contribution is 5.73. The number of aromatic nitrogens is 2. The quantitative estimate of drug-likeness (QED) is 0.849. The Kier molecular flexibility index (Phi) is 2.79. The van der Waals surface area contributed by atoms with E-state index in [0.29, 0.717) is 16.9 Å². The van der Waals surface area contributed by atoms with Crippen molar-refractivity contribution in [1.82, 2.24) is 10.2 Å². The molecule has 17 heavy (non-hydrogen) atoms. The molecule has 0 aliphatic rings. The summed E-state index contributed by atoms with van der Waals surface area (Å²) in [7, 11) is 0. The van der Waals surface area contributed by atoms with Gasteiger partial charge in [0.25, 0.3) is 0 Å².